The molecule has 0 aliphatic rings. The quantitative estimate of drug-likeness (QED) is 0.377. The van der Waals surface area contributed by atoms with Crippen LogP contribution in [0.3, 0.4) is 0 Å². The summed E-state index contributed by atoms with van der Waals surface area (Å²) in [5.41, 5.74) is -0.638. The Balaban J connectivity index is 0.00000180. The molecule has 1 atom stereocenters. The van der Waals surface area contributed by atoms with Crippen molar-refractivity contribution in [3.8, 4) is 6.07 Å². The molecule has 0 fully saturated rings. The van der Waals surface area contributed by atoms with Crippen LogP contribution in [0.15, 0.2) is 16.8 Å². The molecule has 2 rings (SSSR count). The molecule has 0 amide bonds. The van der Waals surface area contributed by atoms with E-state index in [0.717, 1.165) is 12.1 Å². The number of carboxylic acids is 1. The van der Waals surface area contributed by atoms with E-state index in [1.165, 1.54) is 0 Å². The van der Waals surface area contributed by atoms with E-state index in [1.807, 2.05) is 0 Å². The largest absolute Gasteiger partial charge is 1.00 e. The first-order valence-electron chi connectivity index (χ1n) is 4.58. The molecule has 1 N–H and O–H groups in total. The second-order valence-corrected chi connectivity index (χ2v) is 3.29. The summed E-state index contributed by atoms with van der Waals surface area (Å²) in [5.74, 6) is -2.86. The molecule has 2 aromatic rings. The van der Waals surface area contributed by atoms with Crippen LogP contribution < -0.4 is 29.6 Å². The summed E-state index contributed by atoms with van der Waals surface area (Å²) in [5, 5.41) is 35.1. The van der Waals surface area contributed by atoms with Crippen LogP contribution in [0.1, 0.15) is 11.5 Å². The Morgan fingerprint density at radius 2 is 2.11 bits per heavy atom. The van der Waals surface area contributed by atoms with Crippen molar-refractivity contribution in [3.05, 3.63) is 27.8 Å². The fourth-order valence-electron chi connectivity index (χ4n) is 1.51. The molecule has 1 aromatic heterocycles. The number of aromatic nitrogens is 2. The number of fused-ring (bicyclic) bond motifs is 1. The van der Waals surface area contributed by atoms with Gasteiger partial charge in [-0.05, 0) is 16.4 Å². The molecular formula is C9H4N4NaO5+. The first-order valence-corrected chi connectivity index (χ1v) is 4.58. The van der Waals surface area contributed by atoms with Gasteiger partial charge in [-0.2, -0.15) is 5.26 Å². The number of carbonyl (C=O) groups is 1. The molecule has 10 heteroatoms. The third kappa shape index (κ3) is 2.55. The molecule has 1 heterocycles. The Morgan fingerprint density at radius 3 is 2.63 bits per heavy atom. The smallest absolute Gasteiger partial charge is 0.480 e. The van der Waals surface area contributed by atoms with Crippen molar-refractivity contribution in [2.45, 2.75) is 5.92 Å². The maximum atomic E-state index is 10.9. The zero-order valence-corrected chi connectivity index (χ0v) is 11.6. The van der Waals surface area contributed by atoms with Crippen molar-refractivity contribution in [3.63, 3.8) is 0 Å². The molecular weight excluding hydrogens is 267 g/mol. The van der Waals surface area contributed by atoms with Crippen LogP contribution in [0.5, 0.6) is 0 Å². The van der Waals surface area contributed by atoms with E-state index in [4.69, 9.17) is 10.4 Å². The van der Waals surface area contributed by atoms with E-state index in [2.05, 4.69) is 14.9 Å². The number of nitrogens with zero attached hydrogens (tertiary/aromatic N) is 4. The summed E-state index contributed by atoms with van der Waals surface area (Å²) >= 11 is 0. The van der Waals surface area contributed by atoms with Crippen molar-refractivity contribution in [1.29, 1.82) is 5.26 Å². The average Bonchev–Trinajstić information content (AvgIpc) is 2.78. The van der Waals surface area contributed by atoms with Gasteiger partial charge in [0.15, 0.2) is 5.92 Å². The van der Waals surface area contributed by atoms with Crippen molar-refractivity contribution in [2.75, 3.05) is 0 Å². The van der Waals surface area contributed by atoms with Gasteiger partial charge in [0.05, 0.1) is 11.0 Å². The number of hydrogen-bond donors (Lipinski definition) is 1. The van der Waals surface area contributed by atoms with Gasteiger partial charge in [0.2, 0.25) is 5.52 Å². The predicted octanol–water partition coefficient (Wildman–Crippen LogP) is -2.17. The SMILES string of the molecule is N#CC(C(=O)O)c1ccc([N+](=O)[O-])c2nonc12.[Na+]. The summed E-state index contributed by atoms with van der Waals surface area (Å²) in [4.78, 5) is 20.9. The van der Waals surface area contributed by atoms with Crippen molar-refractivity contribution >= 4 is 22.7 Å². The number of benzene rings is 1. The van der Waals surface area contributed by atoms with Crippen molar-refractivity contribution in [2.24, 2.45) is 0 Å². The van der Waals surface area contributed by atoms with Crippen LogP contribution >= 0.6 is 0 Å². The number of nitro groups is 1. The van der Waals surface area contributed by atoms with Crippen molar-refractivity contribution in [1.82, 2.24) is 10.3 Å². The molecule has 1 aromatic carbocycles. The van der Waals surface area contributed by atoms with Crippen LogP contribution in [-0.4, -0.2) is 26.3 Å². The van der Waals surface area contributed by atoms with Crippen LogP contribution in [0, 0.1) is 21.4 Å². The summed E-state index contributed by atoms with van der Waals surface area (Å²) in [7, 11) is 0. The topological polar surface area (TPSA) is 143 Å². The standard InChI is InChI=1S/C9H4N4O5.Na/c10-3-5(9(14)15)4-1-2-6(13(16)17)8-7(4)11-18-12-8;/h1-2,5H,(H,14,15);/q;+1. The molecule has 0 aliphatic heterocycles. The normalized spacial score (nSPS) is 11.3. The summed E-state index contributed by atoms with van der Waals surface area (Å²) in [6.45, 7) is 0. The number of rotatable bonds is 3. The zero-order chi connectivity index (χ0) is 13.3. The molecule has 0 spiro atoms. The summed E-state index contributed by atoms with van der Waals surface area (Å²) < 4.78 is 4.36. The van der Waals surface area contributed by atoms with E-state index in [1.54, 1.807) is 6.07 Å². The molecule has 0 radical (unpaired) electrons. The molecule has 9 nitrogen and oxygen atoms in total. The maximum absolute atomic E-state index is 10.9. The summed E-state index contributed by atoms with van der Waals surface area (Å²) in [6, 6.07) is 3.79. The number of nitro benzene ring substituents is 1. The van der Waals surface area contributed by atoms with Gasteiger partial charge in [0.25, 0.3) is 0 Å². The number of carboxylic acid groups (broad SMARTS) is 1. The third-order valence-corrected chi connectivity index (χ3v) is 2.31. The third-order valence-electron chi connectivity index (χ3n) is 2.31. The number of nitriles is 1. The molecule has 0 aliphatic carbocycles. The van der Waals surface area contributed by atoms with Crippen LogP contribution in [0.4, 0.5) is 5.69 Å². The van der Waals surface area contributed by atoms with E-state index < -0.39 is 16.8 Å². The van der Waals surface area contributed by atoms with Gasteiger partial charge in [0, 0.05) is 11.6 Å². The van der Waals surface area contributed by atoms with Crippen molar-refractivity contribution < 1.29 is 49.0 Å². The average molecular weight is 271 g/mol. The monoisotopic (exact) mass is 271 g/mol. The van der Waals surface area contributed by atoms with Crippen LogP contribution in [-0.2, 0) is 4.79 Å². The zero-order valence-electron chi connectivity index (χ0n) is 9.60. The Morgan fingerprint density at radius 1 is 1.47 bits per heavy atom. The summed E-state index contributed by atoms with van der Waals surface area (Å²) in [6.07, 6.45) is 0. The van der Waals surface area contributed by atoms with Gasteiger partial charge >= 0.3 is 41.2 Å². The van der Waals surface area contributed by atoms with Gasteiger partial charge in [-0.25, -0.2) is 4.63 Å². The van der Waals surface area contributed by atoms with Gasteiger partial charge in [-0.1, -0.05) is 0 Å². The fraction of sp³-hybridized carbons (Fsp3) is 0.111. The minimum Gasteiger partial charge on any atom is -0.480 e. The Kier molecular flexibility index (Phi) is 4.55. The van der Waals surface area contributed by atoms with Gasteiger partial charge < -0.3 is 5.11 Å². The predicted molar refractivity (Wildman–Crippen MR) is 54.4 cm³/mol. The minimum atomic E-state index is -1.49. The van der Waals surface area contributed by atoms with E-state index in [-0.39, 0.29) is 51.8 Å². The Labute approximate surface area is 127 Å². The molecule has 0 saturated heterocycles. The van der Waals surface area contributed by atoms with Gasteiger partial charge in [-0.15, -0.1) is 0 Å². The molecule has 1 unspecified atom stereocenters. The second kappa shape index (κ2) is 5.75. The van der Waals surface area contributed by atoms with E-state index in [0.29, 0.717) is 0 Å². The van der Waals surface area contributed by atoms with E-state index in [9.17, 15) is 14.9 Å². The van der Waals surface area contributed by atoms with E-state index >= 15 is 0 Å². The molecule has 0 saturated carbocycles. The van der Waals surface area contributed by atoms with Crippen LogP contribution in [0.25, 0.3) is 11.0 Å². The molecule has 0 bridgehead atoms. The first kappa shape index (κ1) is 15.0. The maximum Gasteiger partial charge on any atom is 1.00 e. The number of hydrogen-bond acceptors (Lipinski definition) is 7. The Hall–Kier alpha value is -2.02. The fourth-order valence-corrected chi connectivity index (χ4v) is 1.51. The minimum absolute atomic E-state index is 0. The first-order chi connectivity index (χ1) is 8.56. The Bertz CT molecular complexity index is 691. The molecule has 90 valence electrons. The van der Waals surface area contributed by atoms with Gasteiger partial charge in [0.1, 0.15) is 5.52 Å². The second-order valence-electron chi connectivity index (χ2n) is 3.29. The molecule has 19 heavy (non-hydrogen) atoms. The number of non-ortho nitro benzene ring substituents is 1. The van der Waals surface area contributed by atoms with Gasteiger partial charge in [-0.3, -0.25) is 14.9 Å². The number of aliphatic carboxylic acids is 1. The van der Waals surface area contributed by atoms with Crippen LogP contribution in [0.2, 0.25) is 0 Å².